The van der Waals surface area contributed by atoms with Gasteiger partial charge in [-0.3, -0.25) is 0 Å². The molecule has 0 unspecified atom stereocenters. The summed E-state index contributed by atoms with van der Waals surface area (Å²) in [5.74, 6) is -14.8. The van der Waals surface area contributed by atoms with Crippen LogP contribution in [0.15, 0.2) is 18.7 Å². The Morgan fingerprint density at radius 2 is 1.26 bits per heavy atom. The van der Waals surface area contributed by atoms with E-state index in [2.05, 4.69) is 41.7 Å². The Kier molecular flexibility index (Phi) is 12.4. The number of aromatic nitrogens is 2. The number of aryl methyl sites for hydroxylation is 2. The number of unbranched alkanes of at least 4 members (excludes halogenated alkanes) is 7. The van der Waals surface area contributed by atoms with E-state index in [0.29, 0.717) is 0 Å². The van der Waals surface area contributed by atoms with Crippen LogP contribution in [0.5, 0.6) is 0 Å². The molecule has 1 heterocycles. The van der Waals surface area contributed by atoms with E-state index in [1.807, 2.05) is 0 Å². The molecule has 0 saturated heterocycles. The van der Waals surface area contributed by atoms with Crippen LogP contribution in [-0.2, 0) is 23.2 Å². The standard InChI is InChI=1S/C15H29N2.C4HF9O3S/c1-3-5-6-7-8-9-10-11-12-17-14-13-16(4-2)15-17;5-1(6,3(9,10)11)2(7,8)4(12,13)17(14,15)16/h13-15H,3-12H2,1-2H3;(H,14,15,16)/q+1;/p-1. The van der Waals surface area contributed by atoms with Crippen molar-refractivity contribution in [3.8, 4) is 0 Å². The smallest absolute Gasteiger partial charge is 0.460 e. The monoisotopic (exact) mass is 536 g/mol. The molecule has 5 nitrogen and oxygen atoms in total. The van der Waals surface area contributed by atoms with Gasteiger partial charge in [0.1, 0.15) is 12.4 Å². The number of hydrogen-bond donors (Lipinski definition) is 0. The molecule has 1 aromatic rings. The van der Waals surface area contributed by atoms with Crippen molar-refractivity contribution in [2.24, 2.45) is 0 Å². The first-order valence-corrected chi connectivity index (χ1v) is 12.0. The molecule has 0 amide bonds. The SMILES string of the molecule is CCCCCCCCCC[n+]1ccn(CC)c1.O=S(=O)([O-])C(F)(F)C(F)(F)C(F)(F)C(F)(F)F. The average Bonchev–Trinajstić information content (AvgIpc) is 3.16. The summed E-state index contributed by atoms with van der Waals surface area (Å²) < 4.78 is 140. The van der Waals surface area contributed by atoms with Crippen LogP contribution < -0.4 is 4.57 Å². The summed E-state index contributed by atoms with van der Waals surface area (Å²) in [7, 11) is -7.42. The number of nitrogens with zero attached hydrogens (tertiary/aromatic N) is 2. The first kappa shape index (κ1) is 32.5. The zero-order valence-corrected chi connectivity index (χ0v) is 19.5. The third kappa shape index (κ3) is 8.61. The molecular weight excluding hydrogens is 507 g/mol. The maximum absolute atomic E-state index is 12.2. The molecule has 0 aromatic carbocycles. The van der Waals surface area contributed by atoms with Crippen molar-refractivity contribution >= 4 is 10.1 Å². The maximum Gasteiger partial charge on any atom is 0.460 e. The Balaban J connectivity index is 0.000000641. The summed E-state index contributed by atoms with van der Waals surface area (Å²) in [5, 5.41) is -7.11. The lowest BCUT2D eigenvalue weighted by atomic mass is 10.1. The summed E-state index contributed by atoms with van der Waals surface area (Å²) in [6.45, 7) is 6.71. The van der Waals surface area contributed by atoms with Crippen LogP contribution >= 0.6 is 0 Å². The lowest BCUT2D eigenvalue weighted by molar-refractivity contribution is -0.696. The molecular formula is C19H29F9N2O3S. The van der Waals surface area contributed by atoms with E-state index < -0.39 is 33.4 Å². The number of alkyl halides is 9. The first-order valence-electron chi connectivity index (χ1n) is 10.6. The van der Waals surface area contributed by atoms with Gasteiger partial charge in [0.25, 0.3) is 0 Å². The quantitative estimate of drug-likeness (QED) is 0.137. The predicted octanol–water partition coefficient (Wildman–Crippen LogP) is 5.89. The van der Waals surface area contributed by atoms with Gasteiger partial charge in [-0.2, -0.15) is 39.5 Å². The third-order valence-electron chi connectivity index (χ3n) is 4.81. The fraction of sp³-hybridized carbons (Fsp3) is 0.842. The Morgan fingerprint density at radius 3 is 1.65 bits per heavy atom. The van der Waals surface area contributed by atoms with Crippen LogP contribution in [-0.4, -0.2) is 40.8 Å². The summed E-state index contributed by atoms with van der Waals surface area (Å²) in [4.78, 5) is 0. The highest BCUT2D eigenvalue weighted by molar-refractivity contribution is 7.86. The van der Waals surface area contributed by atoms with Crippen LogP contribution in [0.25, 0.3) is 0 Å². The highest BCUT2D eigenvalue weighted by Gasteiger charge is 2.83. The lowest BCUT2D eigenvalue weighted by Gasteiger charge is -2.34. The van der Waals surface area contributed by atoms with Crippen molar-refractivity contribution in [3.05, 3.63) is 18.7 Å². The zero-order valence-electron chi connectivity index (χ0n) is 18.7. The lowest BCUT2D eigenvalue weighted by Crippen LogP contribution is -2.63. The van der Waals surface area contributed by atoms with Crippen LogP contribution in [0.3, 0.4) is 0 Å². The van der Waals surface area contributed by atoms with Gasteiger partial charge in [-0.1, -0.05) is 45.4 Å². The number of imidazole rings is 1. The second kappa shape index (κ2) is 13.0. The van der Waals surface area contributed by atoms with Gasteiger partial charge in [0.05, 0.1) is 13.1 Å². The molecule has 0 aliphatic rings. The average molecular weight is 537 g/mol. The molecule has 202 valence electrons. The molecule has 0 spiro atoms. The van der Waals surface area contributed by atoms with Gasteiger partial charge in [-0.15, -0.1) is 0 Å². The molecule has 1 rings (SSSR count). The molecule has 0 aliphatic heterocycles. The molecule has 15 heteroatoms. The molecule has 0 atom stereocenters. The predicted molar refractivity (Wildman–Crippen MR) is 104 cm³/mol. The molecule has 0 saturated carbocycles. The number of rotatable bonds is 13. The van der Waals surface area contributed by atoms with E-state index in [4.69, 9.17) is 0 Å². The van der Waals surface area contributed by atoms with Crippen molar-refractivity contribution in [1.29, 1.82) is 0 Å². The van der Waals surface area contributed by atoms with Gasteiger partial charge in [0.15, 0.2) is 10.1 Å². The van der Waals surface area contributed by atoms with Crippen LogP contribution in [0.1, 0.15) is 65.2 Å². The van der Waals surface area contributed by atoms with E-state index >= 15 is 0 Å². The van der Waals surface area contributed by atoms with Gasteiger partial charge in [-0.25, -0.2) is 17.6 Å². The highest BCUT2D eigenvalue weighted by atomic mass is 32.2. The van der Waals surface area contributed by atoms with Crippen molar-refractivity contribution in [1.82, 2.24) is 4.57 Å². The molecule has 34 heavy (non-hydrogen) atoms. The van der Waals surface area contributed by atoms with Gasteiger partial charge in [0.2, 0.25) is 6.33 Å². The Labute approximate surface area is 192 Å². The van der Waals surface area contributed by atoms with E-state index in [1.165, 1.54) is 57.9 Å². The summed E-state index contributed by atoms with van der Waals surface area (Å²) in [5.41, 5.74) is 0. The van der Waals surface area contributed by atoms with Crippen molar-refractivity contribution in [2.75, 3.05) is 0 Å². The van der Waals surface area contributed by atoms with E-state index in [9.17, 15) is 52.5 Å². The minimum Gasteiger partial charge on any atom is -0.743 e. The summed E-state index contributed by atoms with van der Waals surface area (Å²) in [6.07, 6.45) is 10.6. The molecule has 0 bridgehead atoms. The van der Waals surface area contributed by atoms with Gasteiger partial charge in [0, 0.05) is 0 Å². The number of hydrogen-bond acceptors (Lipinski definition) is 3. The van der Waals surface area contributed by atoms with Crippen LogP contribution in [0, 0.1) is 0 Å². The molecule has 1 aromatic heterocycles. The number of halogens is 9. The Morgan fingerprint density at radius 1 is 0.794 bits per heavy atom. The molecule has 0 N–H and O–H groups in total. The summed E-state index contributed by atoms with van der Waals surface area (Å²) >= 11 is 0. The highest BCUT2D eigenvalue weighted by Crippen LogP contribution is 2.54. The zero-order chi connectivity index (χ0) is 26.8. The molecule has 0 aliphatic carbocycles. The van der Waals surface area contributed by atoms with Crippen molar-refractivity contribution < 1.29 is 57.1 Å². The van der Waals surface area contributed by atoms with E-state index in [1.54, 1.807) is 0 Å². The maximum atomic E-state index is 12.2. The largest absolute Gasteiger partial charge is 0.743 e. The van der Waals surface area contributed by atoms with Gasteiger partial charge in [-0.05, 0) is 19.8 Å². The second-order valence-corrected chi connectivity index (χ2v) is 9.00. The van der Waals surface area contributed by atoms with Gasteiger partial charge < -0.3 is 4.55 Å². The van der Waals surface area contributed by atoms with E-state index in [-0.39, 0.29) is 0 Å². The fourth-order valence-electron chi connectivity index (χ4n) is 2.70. The topological polar surface area (TPSA) is 66.0 Å². The van der Waals surface area contributed by atoms with E-state index in [0.717, 1.165) is 6.54 Å². The first-order chi connectivity index (χ1) is 15.4. The van der Waals surface area contributed by atoms with Crippen LogP contribution in [0.4, 0.5) is 39.5 Å². The normalized spacial score (nSPS) is 13.5. The fourth-order valence-corrected chi connectivity index (χ4v) is 3.15. The Hall–Kier alpha value is -1.51. The van der Waals surface area contributed by atoms with Gasteiger partial charge >= 0.3 is 23.3 Å². The van der Waals surface area contributed by atoms with Crippen molar-refractivity contribution in [3.63, 3.8) is 0 Å². The minimum absolute atomic E-state index is 1.07. The molecule has 0 radical (unpaired) electrons. The molecule has 0 fully saturated rings. The minimum atomic E-state index is -7.43. The van der Waals surface area contributed by atoms with Crippen molar-refractivity contribution in [2.45, 2.75) is 102 Å². The Bertz CT molecular complexity index is 825. The second-order valence-electron chi connectivity index (χ2n) is 7.57. The van der Waals surface area contributed by atoms with Crippen LogP contribution in [0.2, 0.25) is 0 Å². The third-order valence-corrected chi connectivity index (χ3v) is 5.70. The summed E-state index contributed by atoms with van der Waals surface area (Å²) in [6, 6.07) is 0.